The summed E-state index contributed by atoms with van der Waals surface area (Å²) >= 11 is 3.43. The van der Waals surface area contributed by atoms with Crippen molar-refractivity contribution >= 4 is 27.5 Å². The Morgan fingerprint density at radius 3 is 2.58 bits per heavy atom. The van der Waals surface area contributed by atoms with Crippen molar-refractivity contribution in [3.8, 4) is 11.5 Å². The number of halogens is 3. The Kier molecular flexibility index (Phi) is 6.57. The van der Waals surface area contributed by atoms with Crippen LogP contribution in [0.4, 0.5) is 14.5 Å². The van der Waals surface area contributed by atoms with Gasteiger partial charge in [0, 0.05) is 11.8 Å². The van der Waals surface area contributed by atoms with Gasteiger partial charge in [-0.1, -0.05) is 0 Å². The second-order valence-electron chi connectivity index (χ2n) is 5.57. The van der Waals surface area contributed by atoms with Crippen LogP contribution in [0.25, 0.3) is 0 Å². The third kappa shape index (κ3) is 4.51. The highest BCUT2D eigenvalue weighted by Gasteiger charge is 2.21. The number of benzene rings is 1. The van der Waals surface area contributed by atoms with E-state index in [0.717, 1.165) is 15.9 Å². The number of amides is 1. The molecule has 0 spiro atoms. The summed E-state index contributed by atoms with van der Waals surface area (Å²) in [5.74, 6) is -0.254. The third-order valence-corrected chi connectivity index (χ3v) is 4.86. The molecule has 0 bridgehead atoms. The van der Waals surface area contributed by atoms with Crippen molar-refractivity contribution in [1.29, 1.82) is 0 Å². The predicted molar refractivity (Wildman–Crippen MR) is 97.0 cm³/mol. The minimum atomic E-state index is -2.96. The van der Waals surface area contributed by atoms with Gasteiger partial charge in [0.1, 0.15) is 6.04 Å². The monoisotopic (exact) mass is 431 g/mol. The summed E-state index contributed by atoms with van der Waals surface area (Å²) in [7, 11) is 0. The van der Waals surface area contributed by atoms with Crippen molar-refractivity contribution in [2.75, 3.05) is 11.9 Å². The van der Waals surface area contributed by atoms with Gasteiger partial charge in [0.25, 0.3) is 0 Å². The molecule has 1 heterocycles. The highest BCUT2D eigenvalue weighted by Crippen LogP contribution is 2.32. The van der Waals surface area contributed by atoms with Gasteiger partial charge >= 0.3 is 6.61 Å². The largest absolute Gasteiger partial charge is 0.490 e. The zero-order valence-electron chi connectivity index (χ0n) is 14.8. The van der Waals surface area contributed by atoms with Crippen molar-refractivity contribution in [1.82, 2.24) is 9.78 Å². The first-order valence-corrected chi connectivity index (χ1v) is 8.77. The number of hydrogen-bond acceptors (Lipinski definition) is 4. The maximum Gasteiger partial charge on any atom is 0.387 e. The number of nitrogens with one attached hydrogen (secondary N) is 1. The van der Waals surface area contributed by atoms with Gasteiger partial charge in [-0.15, -0.1) is 0 Å². The van der Waals surface area contributed by atoms with Crippen LogP contribution >= 0.6 is 15.9 Å². The van der Waals surface area contributed by atoms with Crippen molar-refractivity contribution in [2.45, 2.75) is 40.3 Å². The van der Waals surface area contributed by atoms with Crippen LogP contribution in [0.2, 0.25) is 0 Å². The minimum absolute atomic E-state index is 0.0876. The summed E-state index contributed by atoms with van der Waals surface area (Å²) in [6.07, 6.45) is 0. The topological polar surface area (TPSA) is 65.4 Å². The van der Waals surface area contributed by atoms with E-state index in [9.17, 15) is 13.6 Å². The van der Waals surface area contributed by atoms with Crippen molar-refractivity contribution in [2.24, 2.45) is 0 Å². The fourth-order valence-corrected chi connectivity index (χ4v) is 2.69. The van der Waals surface area contributed by atoms with Crippen molar-refractivity contribution < 1.29 is 23.0 Å². The van der Waals surface area contributed by atoms with Crippen LogP contribution in [-0.4, -0.2) is 28.9 Å². The Hall–Kier alpha value is -2.16. The van der Waals surface area contributed by atoms with E-state index in [1.807, 2.05) is 13.8 Å². The first-order chi connectivity index (χ1) is 12.2. The first kappa shape index (κ1) is 20.2. The Morgan fingerprint density at radius 1 is 1.35 bits per heavy atom. The molecule has 0 saturated heterocycles. The number of rotatable bonds is 7. The van der Waals surface area contributed by atoms with E-state index in [4.69, 9.17) is 4.74 Å². The number of anilines is 1. The lowest BCUT2D eigenvalue weighted by Gasteiger charge is -2.16. The zero-order valence-corrected chi connectivity index (χ0v) is 16.4. The number of alkyl halides is 2. The Balaban J connectivity index is 2.19. The maximum atomic E-state index is 12.5. The smallest absolute Gasteiger partial charge is 0.387 e. The van der Waals surface area contributed by atoms with Crippen LogP contribution in [0.5, 0.6) is 11.5 Å². The van der Waals surface area contributed by atoms with E-state index in [1.165, 1.54) is 18.2 Å². The zero-order chi connectivity index (χ0) is 19.4. The van der Waals surface area contributed by atoms with E-state index in [0.29, 0.717) is 5.69 Å². The second-order valence-corrected chi connectivity index (χ2v) is 6.36. The van der Waals surface area contributed by atoms with Gasteiger partial charge in [0.15, 0.2) is 11.5 Å². The minimum Gasteiger partial charge on any atom is -0.490 e. The SMILES string of the molecule is CCOc1cc(NC(=O)C(C)n2nc(C)c(Br)c2C)ccc1OC(F)F. The van der Waals surface area contributed by atoms with E-state index in [-0.39, 0.29) is 24.0 Å². The molecule has 2 rings (SSSR count). The van der Waals surface area contributed by atoms with Gasteiger partial charge in [-0.05, 0) is 55.8 Å². The van der Waals surface area contributed by atoms with Gasteiger partial charge in [-0.3, -0.25) is 9.48 Å². The first-order valence-electron chi connectivity index (χ1n) is 7.98. The van der Waals surface area contributed by atoms with Crippen LogP contribution in [0.3, 0.4) is 0 Å². The van der Waals surface area contributed by atoms with Gasteiger partial charge in [0.05, 0.1) is 22.5 Å². The van der Waals surface area contributed by atoms with Gasteiger partial charge in [0.2, 0.25) is 5.91 Å². The molecule has 142 valence electrons. The molecule has 1 aromatic carbocycles. The standard InChI is InChI=1S/C17H20BrF2N3O3/c1-5-25-14-8-12(6-7-13(14)26-17(19)20)21-16(24)11(4)23-10(3)15(18)9(2)22-23/h6-8,11,17H,5H2,1-4H3,(H,21,24). The lowest BCUT2D eigenvalue weighted by molar-refractivity contribution is -0.119. The molecule has 26 heavy (non-hydrogen) atoms. The number of carbonyl (C=O) groups is 1. The second kappa shape index (κ2) is 8.48. The van der Waals surface area contributed by atoms with Crippen LogP contribution in [0, 0.1) is 13.8 Å². The van der Waals surface area contributed by atoms with E-state index in [2.05, 4.69) is 31.1 Å². The summed E-state index contributed by atoms with van der Waals surface area (Å²) in [6.45, 7) is 4.46. The van der Waals surface area contributed by atoms with Gasteiger partial charge in [-0.25, -0.2) is 0 Å². The van der Waals surface area contributed by atoms with Crippen molar-refractivity contribution in [3.63, 3.8) is 0 Å². The molecule has 1 unspecified atom stereocenters. The molecule has 0 radical (unpaired) electrons. The molecule has 0 aliphatic rings. The molecule has 0 fully saturated rings. The maximum absolute atomic E-state index is 12.5. The number of ether oxygens (including phenoxy) is 2. The number of aromatic nitrogens is 2. The van der Waals surface area contributed by atoms with Crippen molar-refractivity contribution in [3.05, 3.63) is 34.1 Å². The van der Waals surface area contributed by atoms with Gasteiger partial charge in [-0.2, -0.15) is 13.9 Å². The Bertz CT molecular complexity index is 796. The molecule has 1 atom stereocenters. The predicted octanol–water partition coefficient (Wildman–Crippen LogP) is 4.46. The molecule has 0 aliphatic carbocycles. The molecule has 0 aliphatic heterocycles. The van der Waals surface area contributed by atoms with Crippen LogP contribution in [-0.2, 0) is 4.79 Å². The number of nitrogens with zero attached hydrogens (tertiary/aromatic N) is 2. The lowest BCUT2D eigenvalue weighted by Crippen LogP contribution is -2.25. The lowest BCUT2D eigenvalue weighted by atomic mass is 10.2. The molecular formula is C17H20BrF2N3O3. The number of hydrogen-bond donors (Lipinski definition) is 1. The highest BCUT2D eigenvalue weighted by atomic mass is 79.9. The normalized spacial score (nSPS) is 12.2. The fourth-order valence-electron chi connectivity index (χ4n) is 2.43. The molecule has 1 N–H and O–H groups in total. The van der Waals surface area contributed by atoms with E-state index >= 15 is 0 Å². The molecule has 2 aromatic rings. The summed E-state index contributed by atoms with van der Waals surface area (Å²) < 4.78 is 37.1. The Morgan fingerprint density at radius 2 is 2.04 bits per heavy atom. The highest BCUT2D eigenvalue weighted by molar-refractivity contribution is 9.10. The average Bonchev–Trinajstić information content (AvgIpc) is 2.83. The summed E-state index contributed by atoms with van der Waals surface area (Å²) in [6, 6.07) is 3.69. The van der Waals surface area contributed by atoms with E-state index in [1.54, 1.807) is 18.5 Å². The third-order valence-electron chi connectivity index (χ3n) is 3.71. The molecule has 1 aromatic heterocycles. The summed E-state index contributed by atoms with van der Waals surface area (Å²) in [5.41, 5.74) is 2.03. The quantitative estimate of drug-likeness (QED) is 0.702. The van der Waals surface area contributed by atoms with Crippen LogP contribution < -0.4 is 14.8 Å². The van der Waals surface area contributed by atoms with Gasteiger partial charge < -0.3 is 14.8 Å². The fraction of sp³-hybridized carbons (Fsp3) is 0.412. The molecule has 1 amide bonds. The Labute approximate surface area is 158 Å². The summed E-state index contributed by atoms with van der Waals surface area (Å²) in [5, 5.41) is 7.08. The number of carbonyl (C=O) groups excluding carboxylic acids is 1. The summed E-state index contributed by atoms with van der Waals surface area (Å²) in [4.78, 5) is 12.5. The van der Waals surface area contributed by atoms with E-state index < -0.39 is 12.7 Å². The van der Waals surface area contributed by atoms with Crippen LogP contribution in [0.1, 0.15) is 31.3 Å². The molecule has 0 saturated carbocycles. The number of aryl methyl sites for hydroxylation is 1. The molecule has 6 nitrogen and oxygen atoms in total. The average molecular weight is 432 g/mol. The molecular weight excluding hydrogens is 412 g/mol. The van der Waals surface area contributed by atoms with Crippen LogP contribution in [0.15, 0.2) is 22.7 Å². The molecule has 9 heteroatoms.